The summed E-state index contributed by atoms with van der Waals surface area (Å²) in [5.74, 6) is 1.76. The predicted molar refractivity (Wildman–Crippen MR) is 53.6 cm³/mol. The van der Waals surface area contributed by atoms with E-state index >= 15 is 0 Å². The standard InChI is InChI=1S/C9H13O2P/c1-6-4-8(11-3)9(12)5-7(6)10-2/h4-5H,12H2,1-3H3. The Kier molecular flexibility index (Phi) is 2.93. The Balaban J connectivity index is 3.16. The van der Waals surface area contributed by atoms with E-state index in [1.807, 2.05) is 19.1 Å². The monoisotopic (exact) mass is 184 g/mol. The summed E-state index contributed by atoms with van der Waals surface area (Å²) in [4.78, 5) is 0. The van der Waals surface area contributed by atoms with Crippen molar-refractivity contribution >= 4 is 14.5 Å². The van der Waals surface area contributed by atoms with Gasteiger partial charge in [-0.2, -0.15) is 0 Å². The van der Waals surface area contributed by atoms with E-state index in [-0.39, 0.29) is 0 Å². The number of hydrogen-bond donors (Lipinski definition) is 0. The first-order chi connectivity index (χ1) is 5.69. The van der Waals surface area contributed by atoms with Crippen LogP contribution in [0.3, 0.4) is 0 Å². The van der Waals surface area contributed by atoms with E-state index in [0.717, 1.165) is 22.4 Å². The van der Waals surface area contributed by atoms with Gasteiger partial charge in [-0.05, 0) is 24.6 Å². The molecule has 1 aromatic rings. The minimum absolute atomic E-state index is 0.873. The summed E-state index contributed by atoms with van der Waals surface area (Å²) in [6.45, 7) is 1.99. The summed E-state index contributed by atoms with van der Waals surface area (Å²) in [7, 11) is 5.94. The first kappa shape index (κ1) is 9.34. The van der Waals surface area contributed by atoms with Crippen LogP contribution >= 0.6 is 9.24 Å². The van der Waals surface area contributed by atoms with E-state index in [4.69, 9.17) is 9.47 Å². The second-order valence-electron chi connectivity index (χ2n) is 2.56. The zero-order valence-corrected chi connectivity index (χ0v) is 8.70. The maximum Gasteiger partial charge on any atom is 0.126 e. The van der Waals surface area contributed by atoms with Gasteiger partial charge in [0.2, 0.25) is 0 Å². The Morgan fingerprint density at radius 1 is 1.08 bits per heavy atom. The molecule has 66 valence electrons. The topological polar surface area (TPSA) is 18.5 Å². The maximum absolute atomic E-state index is 5.16. The Labute approximate surface area is 75.1 Å². The third-order valence-electron chi connectivity index (χ3n) is 1.75. The van der Waals surface area contributed by atoms with Crippen molar-refractivity contribution in [3.63, 3.8) is 0 Å². The van der Waals surface area contributed by atoms with Crippen molar-refractivity contribution in [2.75, 3.05) is 14.2 Å². The average Bonchev–Trinajstić information content (AvgIpc) is 2.08. The minimum Gasteiger partial charge on any atom is -0.496 e. The highest BCUT2D eigenvalue weighted by Crippen LogP contribution is 2.22. The summed E-state index contributed by atoms with van der Waals surface area (Å²) >= 11 is 0. The first-order valence-corrected chi connectivity index (χ1v) is 4.25. The molecule has 1 rings (SSSR count). The van der Waals surface area contributed by atoms with Crippen LogP contribution in [-0.4, -0.2) is 14.2 Å². The summed E-state index contributed by atoms with van der Waals surface area (Å²) in [6, 6.07) is 3.90. The zero-order valence-electron chi connectivity index (χ0n) is 7.55. The highest BCUT2D eigenvalue weighted by Gasteiger charge is 2.03. The highest BCUT2D eigenvalue weighted by molar-refractivity contribution is 7.27. The molecule has 1 aromatic carbocycles. The van der Waals surface area contributed by atoms with Crippen LogP contribution in [0.15, 0.2) is 12.1 Å². The van der Waals surface area contributed by atoms with Crippen molar-refractivity contribution in [2.45, 2.75) is 6.92 Å². The average molecular weight is 184 g/mol. The van der Waals surface area contributed by atoms with Crippen molar-refractivity contribution in [1.29, 1.82) is 0 Å². The zero-order chi connectivity index (χ0) is 9.14. The summed E-state index contributed by atoms with van der Waals surface area (Å²) in [5, 5.41) is 1.01. The third-order valence-corrected chi connectivity index (χ3v) is 2.20. The second kappa shape index (κ2) is 3.77. The fraction of sp³-hybridized carbons (Fsp3) is 0.333. The first-order valence-electron chi connectivity index (χ1n) is 3.67. The molecule has 0 bridgehead atoms. The number of hydrogen-bond acceptors (Lipinski definition) is 2. The number of ether oxygens (including phenoxy) is 2. The largest absolute Gasteiger partial charge is 0.496 e. The third kappa shape index (κ3) is 1.70. The number of aryl methyl sites for hydroxylation is 1. The smallest absolute Gasteiger partial charge is 0.126 e. The van der Waals surface area contributed by atoms with Gasteiger partial charge in [0.05, 0.1) is 14.2 Å². The molecular weight excluding hydrogens is 171 g/mol. The van der Waals surface area contributed by atoms with E-state index in [0.29, 0.717) is 0 Å². The Morgan fingerprint density at radius 2 is 1.67 bits per heavy atom. The van der Waals surface area contributed by atoms with Crippen LogP contribution < -0.4 is 14.8 Å². The molecule has 0 aliphatic rings. The van der Waals surface area contributed by atoms with Crippen LogP contribution in [0, 0.1) is 6.92 Å². The van der Waals surface area contributed by atoms with Crippen molar-refractivity contribution in [3.8, 4) is 11.5 Å². The van der Waals surface area contributed by atoms with E-state index in [1.54, 1.807) is 14.2 Å². The van der Waals surface area contributed by atoms with E-state index in [2.05, 4.69) is 9.24 Å². The van der Waals surface area contributed by atoms with Crippen LogP contribution in [0.1, 0.15) is 5.56 Å². The van der Waals surface area contributed by atoms with Crippen molar-refractivity contribution < 1.29 is 9.47 Å². The SMILES string of the molecule is COc1cc(P)c(OC)cc1C. The van der Waals surface area contributed by atoms with Crippen LogP contribution in [0.25, 0.3) is 0 Å². The lowest BCUT2D eigenvalue weighted by atomic mass is 10.2. The van der Waals surface area contributed by atoms with Crippen molar-refractivity contribution in [3.05, 3.63) is 17.7 Å². The molecule has 0 saturated carbocycles. The van der Waals surface area contributed by atoms with Crippen molar-refractivity contribution in [1.82, 2.24) is 0 Å². The van der Waals surface area contributed by atoms with E-state index in [1.165, 1.54) is 0 Å². The Hall–Kier alpha value is -0.750. The Morgan fingerprint density at radius 3 is 2.17 bits per heavy atom. The van der Waals surface area contributed by atoms with Crippen LogP contribution in [0.2, 0.25) is 0 Å². The van der Waals surface area contributed by atoms with Crippen LogP contribution in [0.4, 0.5) is 0 Å². The maximum atomic E-state index is 5.16. The van der Waals surface area contributed by atoms with Gasteiger partial charge in [-0.1, -0.05) is 0 Å². The van der Waals surface area contributed by atoms with Gasteiger partial charge in [-0.25, -0.2) is 0 Å². The molecule has 0 aromatic heterocycles. The molecule has 0 aliphatic carbocycles. The lowest BCUT2D eigenvalue weighted by Crippen LogP contribution is -2.00. The van der Waals surface area contributed by atoms with Crippen LogP contribution in [-0.2, 0) is 0 Å². The number of rotatable bonds is 2. The molecule has 12 heavy (non-hydrogen) atoms. The van der Waals surface area contributed by atoms with Gasteiger partial charge in [0.25, 0.3) is 0 Å². The van der Waals surface area contributed by atoms with E-state index in [9.17, 15) is 0 Å². The van der Waals surface area contributed by atoms with Crippen LogP contribution in [0.5, 0.6) is 11.5 Å². The van der Waals surface area contributed by atoms with Gasteiger partial charge in [-0.3, -0.25) is 0 Å². The molecule has 0 fully saturated rings. The lowest BCUT2D eigenvalue weighted by molar-refractivity contribution is 0.403. The minimum atomic E-state index is 0.873. The van der Waals surface area contributed by atoms with Gasteiger partial charge in [-0.15, -0.1) is 9.24 Å². The van der Waals surface area contributed by atoms with Gasteiger partial charge in [0.15, 0.2) is 0 Å². The molecule has 0 saturated heterocycles. The summed E-state index contributed by atoms with van der Waals surface area (Å²) in [6.07, 6.45) is 0. The highest BCUT2D eigenvalue weighted by atomic mass is 31.0. The molecule has 0 radical (unpaired) electrons. The molecule has 1 atom stereocenters. The second-order valence-corrected chi connectivity index (χ2v) is 3.19. The van der Waals surface area contributed by atoms with Gasteiger partial charge < -0.3 is 9.47 Å². The molecule has 0 amide bonds. The Bertz CT molecular complexity index is 254. The normalized spacial score (nSPS) is 9.67. The number of methoxy groups -OCH3 is 2. The molecule has 0 aliphatic heterocycles. The molecule has 0 heterocycles. The predicted octanol–water partition coefficient (Wildman–Crippen LogP) is 1.51. The van der Waals surface area contributed by atoms with E-state index < -0.39 is 0 Å². The van der Waals surface area contributed by atoms with Crippen molar-refractivity contribution in [2.24, 2.45) is 0 Å². The molecule has 3 heteroatoms. The quantitative estimate of drug-likeness (QED) is 0.648. The van der Waals surface area contributed by atoms with Gasteiger partial charge in [0, 0.05) is 5.30 Å². The fourth-order valence-corrected chi connectivity index (χ4v) is 1.43. The summed E-state index contributed by atoms with van der Waals surface area (Å²) < 4.78 is 10.3. The molecule has 0 N–H and O–H groups in total. The van der Waals surface area contributed by atoms with Gasteiger partial charge >= 0.3 is 0 Å². The fourth-order valence-electron chi connectivity index (χ4n) is 1.07. The summed E-state index contributed by atoms with van der Waals surface area (Å²) in [5.41, 5.74) is 1.08. The van der Waals surface area contributed by atoms with Gasteiger partial charge in [0.1, 0.15) is 11.5 Å². The molecule has 1 unspecified atom stereocenters. The molecular formula is C9H13O2P. The molecule has 2 nitrogen and oxygen atoms in total. The number of benzene rings is 1. The lowest BCUT2D eigenvalue weighted by Gasteiger charge is -2.09. The molecule has 0 spiro atoms.